The quantitative estimate of drug-likeness (QED) is 0.804. The maximum absolute atomic E-state index is 5.35. The van der Waals surface area contributed by atoms with Crippen LogP contribution >= 0.6 is 0 Å². The Kier molecular flexibility index (Phi) is 4.26. The summed E-state index contributed by atoms with van der Waals surface area (Å²) in [7, 11) is 0. The molecule has 0 spiro atoms. The molecule has 0 N–H and O–H groups in total. The zero-order chi connectivity index (χ0) is 12.1. The van der Waals surface area contributed by atoms with Gasteiger partial charge < -0.3 is 14.4 Å². The minimum Gasteiger partial charge on any atom is -0.454 e. The van der Waals surface area contributed by atoms with E-state index in [-0.39, 0.29) is 0 Å². The first-order valence-electron chi connectivity index (χ1n) is 6.53. The van der Waals surface area contributed by atoms with Gasteiger partial charge in [0.05, 0.1) is 0 Å². The number of nitrogens with zero attached hydrogens (tertiary/aromatic N) is 1. The molecular weight excluding hydrogens is 214 g/mol. The van der Waals surface area contributed by atoms with Gasteiger partial charge in [0.2, 0.25) is 6.79 Å². The molecule has 1 aromatic rings. The van der Waals surface area contributed by atoms with Crippen LogP contribution in [-0.2, 0) is 6.42 Å². The van der Waals surface area contributed by atoms with Gasteiger partial charge in [0.1, 0.15) is 0 Å². The summed E-state index contributed by atoms with van der Waals surface area (Å²) >= 11 is 0. The largest absolute Gasteiger partial charge is 0.454 e. The van der Waals surface area contributed by atoms with Crippen LogP contribution in [0.4, 0.5) is 0 Å². The van der Waals surface area contributed by atoms with E-state index >= 15 is 0 Å². The highest BCUT2D eigenvalue weighted by atomic mass is 16.7. The molecule has 1 aromatic carbocycles. The van der Waals surface area contributed by atoms with Crippen LogP contribution < -0.4 is 9.47 Å². The Morgan fingerprint density at radius 3 is 2.59 bits per heavy atom. The Morgan fingerprint density at radius 2 is 1.88 bits per heavy atom. The van der Waals surface area contributed by atoms with Gasteiger partial charge in [-0.05, 0) is 43.6 Å². The smallest absolute Gasteiger partial charge is 0.231 e. The van der Waals surface area contributed by atoms with Crippen LogP contribution in [0.5, 0.6) is 11.5 Å². The van der Waals surface area contributed by atoms with Gasteiger partial charge in [-0.25, -0.2) is 0 Å². The number of ether oxygens (including phenoxy) is 2. The molecule has 0 radical (unpaired) electrons. The van der Waals surface area contributed by atoms with Crippen molar-refractivity contribution in [2.24, 2.45) is 0 Å². The third kappa shape index (κ3) is 2.91. The average Bonchev–Trinajstić information content (AvgIpc) is 2.77. The second-order valence-electron chi connectivity index (χ2n) is 4.13. The van der Waals surface area contributed by atoms with Gasteiger partial charge in [0.25, 0.3) is 0 Å². The molecule has 0 aliphatic carbocycles. The van der Waals surface area contributed by atoms with Gasteiger partial charge in [-0.15, -0.1) is 0 Å². The van der Waals surface area contributed by atoms with Crippen molar-refractivity contribution in [2.75, 3.05) is 26.4 Å². The Labute approximate surface area is 103 Å². The molecule has 17 heavy (non-hydrogen) atoms. The van der Waals surface area contributed by atoms with Gasteiger partial charge >= 0.3 is 0 Å². The van der Waals surface area contributed by atoms with Crippen LogP contribution in [0.1, 0.15) is 25.8 Å². The fourth-order valence-corrected chi connectivity index (χ4v) is 1.99. The zero-order valence-corrected chi connectivity index (χ0v) is 10.7. The maximum atomic E-state index is 5.35. The predicted molar refractivity (Wildman–Crippen MR) is 68.7 cm³/mol. The topological polar surface area (TPSA) is 21.7 Å². The van der Waals surface area contributed by atoms with Gasteiger partial charge in [0.15, 0.2) is 11.5 Å². The van der Waals surface area contributed by atoms with Crippen molar-refractivity contribution < 1.29 is 9.47 Å². The molecule has 0 amide bonds. The van der Waals surface area contributed by atoms with E-state index < -0.39 is 0 Å². The number of hydrogen-bond donors (Lipinski definition) is 0. The molecule has 1 fully saturated rings. The highest BCUT2D eigenvalue weighted by Crippen LogP contribution is 2.32. The summed E-state index contributed by atoms with van der Waals surface area (Å²) in [4.78, 5) is 2.48. The van der Waals surface area contributed by atoms with Gasteiger partial charge in [-0.2, -0.15) is 0 Å². The van der Waals surface area contributed by atoms with E-state index in [9.17, 15) is 0 Å². The SMILES string of the molecule is CC.c1cc2c(cc1CCN1CCC1)OCO2. The van der Waals surface area contributed by atoms with Gasteiger partial charge in [-0.1, -0.05) is 19.9 Å². The van der Waals surface area contributed by atoms with Crippen molar-refractivity contribution in [1.29, 1.82) is 0 Å². The summed E-state index contributed by atoms with van der Waals surface area (Å²) in [6, 6.07) is 6.24. The molecule has 94 valence electrons. The highest BCUT2D eigenvalue weighted by molar-refractivity contribution is 5.44. The second kappa shape index (κ2) is 5.92. The molecule has 0 atom stereocenters. The van der Waals surface area contributed by atoms with Crippen LogP contribution in [0.2, 0.25) is 0 Å². The molecule has 0 saturated carbocycles. The lowest BCUT2D eigenvalue weighted by Crippen LogP contribution is -2.38. The van der Waals surface area contributed by atoms with Crippen molar-refractivity contribution in [2.45, 2.75) is 26.7 Å². The first-order chi connectivity index (χ1) is 8.42. The number of hydrogen-bond acceptors (Lipinski definition) is 3. The van der Waals surface area contributed by atoms with E-state index in [1.807, 2.05) is 19.9 Å². The number of fused-ring (bicyclic) bond motifs is 1. The van der Waals surface area contributed by atoms with Gasteiger partial charge in [0, 0.05) is 6.54 Å². The summed E-state index contributed by atoms with van der Waals surface area (Å²) in [5.74, 6) is 1.78. The summed E-state index contributed by atoms with van der Waals surface area (Å²) in [5, 5.41) is 0. The van der Waals surface area contributed by atoms with E-state index in [4.69, 9.17) is 9.47 Å². The number of benzene rings is 1. The van der Waals surface area contributed by atoms with Crippen LogP contribution in [0.25, 0.3) is 0 Å². The minimum absolute atomic E-state index is 0.366. The molecule has 0 unspecified atom stereocenters. The van der Waals surface area contributed by atoms with Crippen LogP contribution in [0.15, 0.2) is 18.2 Å². The second-order valence-corrected chi connectivity index (χ2v) is 4.13. The summed E-state index contributed by atoms with van der Waals surface area (Å²) in [6.45, 7) is 8.07. The van der Waals surface area contributed by atoms with Crippen molar-refractivity contribution >= 4 is 0 Å². The lowest BCUT2D eigenvalue weighted by molar-refractivity contribution is 0.173. The average molecular weight is 235 g/mol. The molecule has 0 aromatic heterocycles. The molecular formula is C14H21NO2. The Balaban J connectivity index is 0.000000514. The summed E-state index contributed by atoms with van der Waals surface area (Å²) < 4.78 is 10.6. The molecule has 2 aliphatic heterocycles. The zero-order valence-electron chi connectivity index (χ0n) is 10.7. The first kappa shape index (κ1) is 12.2. The Bertz CT molecular complexity index is 361. The predicted octanol–water partition coefficient (Wildman–Crippen LogP) is 2.69. The molecule has 2 heterocycles. The molecule has 3 rings (SSSR count). The third-order valence-corrected chi connectivity index (χ3v) is 3.10. The normalized spacial score (nSPS) is 17.1. The van der Waals surface area contributed by atoms with Crippen molar-refractivity contribution in [3.63, 3.8) is 0 Å². The van der Waals surface area contributed by atoms with E-state index in [1.165, 1.54) is 31.6 Å². The summed E-state index contributed by atoms with van der Waals surface area (Å²) in [6.07, 6.45) is 2.47. The molecule has 2 aliphatic rings. The van der Waals surface area contributed by atoms with Crippen LogP contribution in [-0.4, -0.2) is 31.3 Å². The molecule has 3 nitrogen and oxygen atoms in total. The standard InChI is InChI=1S/C12H15NO2.C2H6/c1-5-13(6-1)7-4-10-2-3-11-12(8-10)15-9-14-11;1-2/h2-3,8H,1,4-7,9H2;1-2H3. The van der Waals surface area contributed by atoms with E-state index in [0.717, 1.165) is 17.9 Å². The number of rotatable bonds is 3. The Morgan fingerprint density at radius 1 is 1.12 bits per heavy atom. The summed E-state index contributed by atoms with van der Waals surface area (Å²) in [5.41, 5.74) is 1.34. The Hall–Kier alpha value is -1.22. The van der Waals surface area contributed by atoms with Crippen molar-refractivity contribution in [3.05, 3.63) is 23.8 Å². The highest BCUT2D eigenvalue weighted by Gasteiger charge is 2.15. The van der Waals surface area contributed by atoms with E-state index in [2.05, 4.69) is 17.0 Å². The lowest BCUT2D eigenvalue weighted by Gasteiger charge is -2.30. The maximum Gasteiger partial charge on any atom is 0.231 e. The monoisotopic (exact) mass is 235 g/mol. The minimum atomic E-state index is 0.366. The fourth-order valence-electron chi connectivity index (χ4n) is 1.99. The van der Waals surface area contributed by atoms with Crippen LogP contribution in [0.3, 0.4) is 0 Å². The van der Waals surface area contributed by atoms with E-state index in [0.29, 0.717) is 6.79 Å². The van der Waals surface area contributed by atoms with Crippen LogP contribution in [0, 0.1) is 0 Å². The molecule has 0 bridgehead atoms. The lowest BCUT2D eigenvalue weighted by atomic mass is 10.1. The van der Waals surface area contributed by atoms with E-state index in [1.54, 1.807) is 0 Å². The van der Waals surface area contributed by atoms with Gasteiger partial charge in [-0.3, -0.25) is 0 Å². The number of likely N-dealkylation sites (tertiary alicyclic amines) is 1. The first-order valence-corrected chi connectivity index (χ1v) is 6.53. The van der Waals surface area contributed by atoms with Crippen molar-refractivity contribution in [1.82, 2.24) is 4.90 Å². The fraction of sp³-hybridized carbons (Fsp3) is 0.571. The molecule has 1 saturated heterocycles. The molecule has 3 heteroatoms. The third-order valence-electron chi connectivity index (χ3n) is 3.10. The van der Waals surface area contributed by atoms with Crippen molar-refractivity contribution in [3.8, 4) is 11.5 Å².